The van der Waals surface area contributed by atoms with Crippen LogP contribution in [0.25, 0.3) is 6.08 Å². The first-order valence-corrected chi connectivity index (χ1v) is 3.50. The van der Waals surface area contributed by atoms with E-state index in [0.717, 1.165) is 17.1 Å². The summed E-state index contributed by atoms with van der Waals surface area (Å²) in [5, 5.41) is 8.51. The molecule has 11 heavy (non-hydrogen) atoms. The number of benzene rings is 1. The fraction of sp³-hybridized carbons (Fsp3) is 0.111. The SMILES string of the molecule is OC/C=C/c1cccc2c1O2. The van der Waals surface area contributed by atoms with Crippen LogP contribution in [0.5, 0.6) is 11.5 Å². The van der Waals surface area contributed by atoms with Gasteiger partial charge in [0, 0.05) is 5.56 Å². The van der Waals surface area contributed by atoms with Crippen molar-refractivity contribution in [2.24, 2.45) is 0 Å². The van der Waals surface area contributed by atoms with Crippen molar-refractivity contribution in [3.63, 3.8) is 0 Å². The lowest BCUT2D eigenvalue weighted by molar-refractivity contribution is 0.343. The zero-order chi connectivity index (χ0) is 7.68. The number of aliphatic hydroxyl groups excluding tert-OH is 1. The van der Waals surface area contributed by atoms with Crippen molar-refractivity contribution in [3.05, 3.63) is 29.8 Å². The molecule has 0 fully saturated rings. The molecular weight excluding hydrogens is 140 g/mol. The molecule has 0 unspecified atom stereocenters. The molecule has 0 atom stereocenters. The first-order chi connectivity index (χ1) is 5.42. The van der Waals surface area contributed by atoms with E-state index in [1.54, 1.807) is 6.08 Å². The zero-order valence-electron chi connectivity index (χ0n) is 5.95. The summed E-state index contributed by atoms with van der Waals surface area (Å²) < 4.78 is 5.13. The molecule has 0 amide bonds. The van der Waals surface area contributed by atoms with Crippen LogP contribution in [0.2, 0.25) is 0 Å². The summed E-state index contributed by atoms with van der Waals surface area (Å²) in [6, 6.07) is 5.81. The van der Waals surface area contributed by atoms with Gasteiger partial charge in [0.1, 0.15) is 0 Å². The monoisotopic (exact) mass is 148 g/mol. The Hall–Kier alpha value is -1.28. The van der Waals surface area contributed by atoms with Gasteiger partial charge in [-0.3, -0.25) is 0 Å². The van der Waals surface area contributed by atoms with Crippen LogP contribution in [0.3, 0.4) is 0 Å². The summed E-state index contributed by atoms with van der Waals surface area (Å²) in [6.07, 6.45) is 3.54. The molecule has 2 rings (SSSR count). The lowest BCUT2D eigenvalue weighted by Crippen LogP contribution is -1.70. The molecule has 1 aromatic carbocycles. The van der Waals surface area contributed by atoms with Gasteiger partial charge in [0.05, 0.1) is 6.61 Å². The maximum atomic E-state index is 8.51. The number of aliphatic hydroxyl groups is 1. The van der Waals surface area contributed by atoms with Gasteiger partial charge in [-0.1, -0.05) is 24.3 Å². The standard InChI is InChI=1S/C9H8O2/c10-6-2-4-7-3-1-5-8-9(7)11-8/h1-5,10H,6H2/b4-2+. The molecule has 0 saturated heterocycles. The highest BCUT2D eigenvalue weighted by Crippen LogP contribution is 2.48. The third-order valence-electron chi connectivity index (χ3n) is 1.58. The fourth-order valence-corrected chi connectivity index (χ4v) is 1.02. The maximum absolute atomic E-state index is 8.51. The van der Waals surface area contributed by atoms with E-state index in [1.165, 1.54) is 0 Å². The molecule has 0 bridgehead atoms. The van der Waals surface area contributed by atoms with Gasteiger partial charge in [0.15, 0.2) is 11.5 Å². The van der Waals surface area contributed by atoms with Crippen molar-refractivity contribution in [2.45, 2.75) is 0 Å². The summed E-state index contributed by atoms with van der Waals surface area (Å²) in [5.41, 5.74) is 1.04. The van der Waals surface area contributed by atoms with Crippen LogP contribution in [0.15, 0.2) is 24.3 Å². The van der Waals surface area contributed by atoms with Crippen LogP contribution in [0, 0.1) is 0 Å². The predicted octanol–water partition coefficient (Wildman–Crippen LogP) is 1.80. The first-order valence-electron chi connectivity index (χ1n) is 3.50. The number of hydrogen-bond acceptors (Lipinski definition) is 2. The van der Waals surface area contributed by atoms with E-state index in [4.69, 9.17) is 9.84 Å². The summed E-state index contributed by atoms with van der Waals surface area (Å²) >= 11 is 0. The highest BCUT2D eigenvalue weighted by atomic mass is 16.6. The largest absolute Gasteiger partial charge is 0.449 e. The van der Waals surface area contributed by atoms with E-state index in [1.807, 2.05) is 24.3 Å². The molecule has 0 aromatic heterocycles. The van der Waals surface area contributed by atoms with Crippen LogP contribution in [-0.4, -0.2) is 11.7 Å². The van der Waals surface area contributed by atoms with E-state index < -0.39 is 0 Å². The minimum Gasteiger partial charge on any atom is -0.449 e. The fourth-order valence-electron chi connectivity index (χ4n) is 1.02. The van der Waals surface area contributed by atoms with Gasteiger partial charge in [0.2, 0.25) is 0 Å². The van der Waals surface area contributed by atoms with Crippen LogP contribution < -0.4 is 4.74 Å². The molecule has 2 nitrogen and oxygen atoms in total. The maximum Gasteiger partial charge on any atom is 0.177 e. The summed E-state index contributed by atoms with van der Waals surface area (Å²) in [5.74, 6) is 1.89. The number of hydrogen-bond donors (Lipinski definition) is 1. The van der Waals surface area contributed by atoms with Crippen molar-refractivity contribution >= 4 is 6.08 Å². The van der Waals surface area contributed by atoms with Gasteiger partial charge < -0.3 is 9.84 Å². The molecule has 2 heteroatoms. The Bertz CT molecular complexity index is 302. The molecule has 1 N–H and O–H groups in total. The van der Waals surface area contributed by atoms with Gasteiger partial charge >= 0.3 is 0 Å². The first kappa shape index (κ1) is 6.43. The Morgan fingerprint density at radius 1 is 1.45 bits per heavy atom. The molecule has 1 aromatic rings. The van der Waals surface area contributed by atoms with E-state index in [-0.39, 0.29) is 6.61 Å². The zero-order valence-corrected chi connectivity index (χ0v) is 5.95. The van der Waals surface area contributed by atoms with Crippen molar-refractivity contribution in [1.29, 1.82) is 0 Å². The van der Waals surface area contributed by atoms with Crippen molar-refractivity contribution in [1.82, 2.24) is 0 Å². The highest BCUT2D eigenvalue weighted by Gasteiger charge is 2.21. The molecule has 1 aliphatic heterocycles. The molecule has 1 heterocycles. The van der Waals surface area contributed by atoms with Crippen LogP contribution in [0.1, 0.15) is 5.56 Å². The van der Waals surface area contributed by atoms with Gasteiger partial charge in [-0.05, 0) is 6.07 Å². The van der Waals surface area contributed by atoms with Gasteiger partial charge in [-0.2, -0.15) is 0 Å². The van der Waals surface area contributed by atoms with Crippen LogP contribution in [0.4, 0.5) is 0 Å². The summed E-state index contributed by atoms with van der Waals surface area (Å²) in [7, 11) is 0. The molecule has 56 valence electrons. The quantitative estimate of drug-likeness (QED) is 0.658. The second kappa shape index (κ2) is 2.40. The van der Waals surface area contributed by atoms with Crippen LogP contribution >= 0.6 is 0 Å². The third kappa shape index (κ3) is 1.12. The van der Waals surface area contributed by atoms with Crippen molar-refractivity contribution in [2.75, 3.05) is 6.61 Å². The van der Waals surface area contributed by atoms with Gasteiger partial charge in [0.25, 0.3) is 0 Å². The second-order valence-corrected chi connectivity index (χ2v) is 2.36. The molecule has 0 spiro atoms. The molecule has 0 saturated carbocycles. The Morgan fingerprint density at radius 2 is 2.36 bits per heavy atom. The lowest BCUT2D eigenvalue weighted by atomic mass is 10.2. The van der Waals surface area contributed by atoms with E-state index in [9.17, 15) is 0 Å². The predicted molar refractivity (Wildman–Crippen MR) is 42.6 cm³/mol. The van der Waals surface area contributed by atoms with E-state index in [2.05, 4.69) is 0 Å². The molecule has 1 aliphatic rings. The number of fused-ring (bicyclic) bond motifs is 1. The Kier molecular flexibility index (Phi) is 1.40. The molecular formula is C9H8O2. The number of rotatable bonds is 2. The highest BCUT2D eigenvalue weighted by molar-refractivity contribution is 5.69. The number of ether oxygens (including phenoxy) is 1. The minimum absolute atomic E-state index is 0.0731. The Labute approximate surface area is 64.7 Å². The van der Waals surface area contributed by atoms with Gasteiger partial charge in [-0.25, -0.2) is 0 Å². The lowest BCUT2D eigenvalue weighted by Gasteiger charge is -1.84. The molecule has 0 aliphatic carbocycles. The van der Waals surface area contributed by atoms with Crippen molar-refractivity contribution in [3.8, 4) is 11.5 Å². The number of para-hydroxylation sites is 1. The third-order valence-corrected chi connectivity index (χ3v) is 1.58. The van der Waals surface area contributed by atoms with Crippen molar-refractivity contribution < 1.29 is 9.84 Å². The normalized spacial score (nSPS) is 12.8. The topological polar surface area (TPSA) is 32.8 Å². The molecule has 0 radical (unpaired) electrons. The van der Waals surface area contributed by atoms with E-state index >= 15 is 0 Å². The van der Waals surface area contributed by atoms with Crippen LogP contribution in [-0.2, 0) is 0 Å². The Balaban J connectivity index is 2.28. The van der Waals surface area contributed by atoms with E-state index in [0.29, 0.717) is 0 Å². The summed E-state index contributed by atoms with van der Waals surface area (Å²) in [6.45, 7) is 0.0731. The summed E-state index contributed by atoms with van der Waals surface area (Å²) in [4.78, 5) is 0. The minimum atomic E-state index is 0.0731. The average molecular weight is 148 g/mol. The van der Waals surface area contributed by atoms with Gasteiger partial charge in [-0.15, -0.1) is 0 Å². The smallest absolute Gasteiger partial charge is 0.177 e. The Morgan fingerprint density at radius 3 is 3.18 bits per heavy atom. The average Bonchev–Trinajstić information content (AvgIpc) is 2.79. The second-order valence-electron chi connectivity index (χ2n) is 2.36.